The van der Waals surface area contributed by atoms with Gasteiger partial charge in [-0.3, -0.25) is 4.99 Å². The molecule has 1 aliphatic carbocycles. The van der Waals surface area contributed by atoms with Crippen LogP contribution in [0.25, 0.3) is 0 Å². The van der Waals surface area contributed by atoms with E-state index in [0.29, 0.717) is 6.42 Å². The Morgan fingerprint density at radius 3 is 2.93 bits per heavy atom. The molecule has 84 valence electrons. The van der Waals surface area contributed by atoms with E-state index in [2.05, 4.69) is 20.9 Å². The van der Waals surface area contributed by atoms with Gasteiger partial charge in [-0.05, 0) is 22.4 Å². The molecule has 0 N–H and O–H groups in total. The fourth-order valence-electron chi connectivity index (χ4n) is 1.91. The summed E-state index contributed by atoms with van der Waals surface area (Å²) in [6.45, 7) is 0. The zero-order valence-corrected chi connectivity index (χ0v) is 10.2. The lowest BCUT2D eigenvalue weighted by Crippen LogP contribution is -2.36. The van der Waals surface area contributed by atoms with E-state index < -0.39 is 11.5 Å². The van der Waals surface area contributed by atoms with E-state index in [4.69, 9.17) is 11.6 Å². The second-order valence-electron chi connectivity index (χ2n) is 3.80. The quantitative estimate of drug-likeness (QED) is 0.536. The minimum absolute atomic E-state index is 0.0626. The van der Waals surface area contributed by atoms with Crippen molar-refractivity contribution >= 4 is 33.7 Å². The van der Waals surface area contributed by atoms with Gasteiger partial charge in [0, 0.05) is 31.3 Å². The van der Waals surface area contributed by atoms with Crippen LogP contribution < -0.4 is 0 Å². The molecule has 2 atom stereocenters. The number of alkyl halides is 3. The Labute approximate surface area is 100 Å². The summed E-state index contributed by atoms with van der Waals surface area (Å²) in [5.74, 6) is -2.55. The maximum absolute atomic E-state index is 13.0. The Hall–Kier alpha value is -0.160. The van der Waals surface area contributed by atoms with Crippen LogP contribution in [-0.2, 0) is 0 Å². The number of hydrogen-bond donors (Lipinski definition) is 0. The fraction of sp³-hybridized carbons (Fsp3) is 0.667. The van der Waals surface area contributed by atoms with E-state index in [-0.39, 0.29) is 18.9 Å². The topological polar surface area (TPSA) is 15.6 Å². The van der Waals surface area contributed by atoms with Crippen molar-refractivity contribution < 1.29 is 8.78 Å². The molecule has 0 aromatic heterocycles. The molecule has 0 aromatic rings. The monoisotopic (exact) mass is 298 g/mol. The summed E-state index contributed by atoms with van der Waals surface area (Å²) >= 11 is 9.19. The lowest BCUT2D eigenvalue weighted by atomic mass is 10.2. The molecule has 0 saturated heterocycles. The van der Waals surface area contributed by atoms with Crippen LogP contribution in [-0.4, -0.2) is 28.7 Å². The molecule has 0 radical (unpaired) electrons. The molecule has 2 nitrogen and oxygen atoms in total. The number of nitrogens with zero attached hydrogens (tertiary/aromatic N) is 2. The molecule has 1 heterocycles. The number of hydrogen-bond acceptors (Lipinski definition) is 2. The van der Waals surface area contributed by atoms with Crippen molar-refractivity contribution in [3.05, 3.63) is 10.7 Å². The summed E-state index contributed by atoms with van der Waals surface area (Å²) in [6, 6.07) is -0.215. The van der Waals surface area contributed by atoms with E-state index in [0.717, 1.165) is 4.48 Å². The van der Waals surface area contributed by atoms with E-state index in [1.54, 1.807) is 17.3 Å². The van der Waals surface area contributed by atoms with Gasteiger partial charge in [-0.2, -0.15) is 0 Å². The first-order valence-electron chi connectivity index (χ1n) is 4.68. The fourth-order valence-corrected chi connectivity index (χ4v) is 2.53. The molecule has 0 aromatic carbocycles. The number of halogens is 4. The highest BCUT2D eigenvalue weighted by Crippen LogP contribution is 2.39. The molecule has 0 spiro atoms. The molecule has 1 saturated carbocycles. The molecule has 1 aliphatic heterocycles. The van der Waals surface area contributed by atoms with Crippen LogP contribution in [0.4, 0.5) is 8.78 Å². The molecule has 2 rings (SSSR count). The van der Waals surface area contributed by atoms with Gasteiger partial charge in [0.1, 0.15) is 0 Å². The minimum atomic E-state index is -2.55. The van der Waals surface area contributed by atoms with Crippen LogP contribution in [0.5, 0.6) is 0 Å². The molecule has 6 heteroatoms. The standard InChI is InChI=1S/C9H10BrClF2N2/c10-6-4-14-8(11)15(5-6)7-1-2-9(12,13)3-7/h4-5,7-8H,1-3H2. The van der Waals surface area contributed by atoms with Crippen LogP contribution in [0.1, 0.15) is 19.3 Å². The molecular weight excluding hydrogens is 289 g/mol. The summed E-state index contributed by atoms with van der Waals surface area (Å²) in [5.41, 5.74) is -0.565. The first-order chi connectivity index (χ1) is 6.98. The van der Waals surface area contributed by atoms with Gasteiger partial charge >= 0.3 is 0 Å². The average Bonchev–Trinajstić information content (AvgIpc) is 2.50. The maximum atomic E-state index is 13.0. The number of aliphatic imine (C=N–C) groups is 1. The van der Waals surface area contributed by atoms with Gasteiger partial charge in [0.15, 0.2) is 5.62 Å². The van der Waals surface area contributed by atoms with Gasteiger partial charge in [0.05, 0.1) is 4.48 Å². The smallest absolute Gasteiger partial charge is 0.250 e. The van der Waals surface area contributed by atoms with Crippen molar-refractivity contribution in [2.75, 3.05) is 0 Å². The normalized spacial score (nSPS) is 34.4. The Bertz CT molecular complexity index is 319. The van der Waals surface area contributed by atoms with Crippen molar-refractivity contribution in [2.45, 2.75) is 36.9 Å². The molecule has 2 aliphatic rings. The first-order valence-corrected chi connectivity index (χ1v) is 5.91. The van der Waals surface area contributed by atoms with Gasteiger partial charge in [-0.25, -0.2) is 8.78 Å². The molecule has 0 amide bonds. The van der Waals surface area contributed by atoms with Crippen molar-refractivity contribution in [1.29, 1.82) is 0 Å². The predicted molar refractivity (Wildman–Crippen MR) is 59.6 cm³/mol. The molecular formula is C9H10BrClF2N2. The number of allylic oxidation sites excluding steroid dienone is 1. The summed E-state index contributed by atoms with van der Waals surface area (Å²) in [6.07, 6.45) is 3.58. The van der Waals surface area contributed by atoms with Crippen molar-refractivity contribution in [2.24, 2.45) is 4.99 Å². The summed E-state index contributed by atoms with van der Waals surface area (Å²) in [5, 5.41) is 0. The van der Waals surface area contributed by atoms with Gasteiger partial charge in [-0.15, -0.1) is 0 Å². The Morgan fingerprint density at radius 1 is 1.60 bits per heavy atom. The summed E-state index contributed by atoms with van der Waals surface area (Å²) in [7, 11) is 0. The second kappa shape index (κ2) is 4.01. The predicted octanol–water partition coefficient (Wildman–Crippen LogP) is 3.32. The Morgan fingerprint density at radius 2 is 2.33 bits per heavy atom. The van der Waals surface area contributed by atoms with Gasteiger partial charge < -0.3 is 4.90 Å². The van der Waals surface area contributed by atoms with Gasteiger partial charge in [0.25, 0.3) is 0 Å². The second-order valence-corrected chi connectivity index (χ2v) is 5.11. The zero-order valence-electron chi connectivity index (χ0n) is 7.84. The van der Waals surface area contributed by atoms with Crippen molar-refractivity contribution in [1.82, 2.24) is 4.90 Å². The van der Waals surface area contributed by atoms with E-state index >= 15 is 0 Å². The third-order valence-electron chi connectivity index (χ3n) is 2.64. The SMILES string of the molecule is FC1(F)CCC(N2C=C(Br)C=NC2Cl)C1. The van der Waals surface area contributed by atoms with E-state index in [1.807, 2.05) is 0 Å². The highest BCUT2D eigenvalue weighted by Gasteiger charge is 2.42. The summed E-state index contributed by atoms with van der Waals surface area (Å²) < 4.78 is 26.8. The zero-order chi connectivity index (χ0) is 11.1. The van der Waals surface area contributed by atoms with E-state index in [1.165, 1.54) is 0 Å². The summed E-state index contributed by atoms with van der Waals surface area (Å²) in [4.78, 5) is 5.68. The Balaban J connectivity index is 2.09. The lowest BCUT2D eigenvalue weighted by molar-refractivity contribution is 0.00262. The molecule has 0 bridgehead atoms. The first kappa shape index (κ1) is 11.3. The Kier molecular flexibility index (Phi) is 3.03. The number of rotatable bonds is 1. The van der Waals surface area contributed by atoms with Crippen LogP contribution in [0.15, 0.2) is 15.7 Å². The van der Waals surface area contributed by atoms with E-state index in [9.17, 15) is 8.78 Å². The van der Waals surface area contributed by atoms with Crippen molar-refractivity contribution in [3.8, 4) is 0 Å². The van der Waals surface area contributed by atoms with Crippen LogP contribution in [0, 0.1) is 0 Å². The minimum Gasteiger partial charge on any atom is -0.339 e. The third-order valence-corrected chi connectivity index (χ3v) is 3.39. The van der Waals surface area contributed by atoms with Crippen LogP contribution >= 0.6 is 27.5 Å². The van der Waals surface area contributed by atoms with Gasteiger partial charge in [0.2, 0.25) is 5.92 Å². The van der Waals surface area contributed by atoms with Gasteiger partial charge in [-0.1, -0.05) is 11.6 Å². The van der Waals surface area contributed by atoms with Crippen LogP contribution in [0.2, 0.25) is 0 Å². The maximum Gasteiger partial charge on any atom is 0.250 e. The van der Waals surface area contributed by atoms with Crippen molar-refractivity contribution in [3.63, 3.8) is 0 Å². The highest BCUT2D eigenvalue weighted by molar-refractivity contribution is 9.12. The molecule has 1 fully saturated rings. The average molecular weight is 300 g/mol. The largest absolute Gasteiger partial charge is 0.339 e. The molecule has 2 unspecified atom stereocenters. The molecule has 15 heavy (non-hydrogen) atoms. The highest BCUT2D eigenvalue weighted by atomic mass is 79.9. The van der Waals surface area contributed by atoms with Crippen LogP contribution in [0.3, 0.4) is 0 Å². The lowest BCUT2D eigenvalue weighted by Gasteiger charge is -2.31. The third kappa shape index (κ3) is 2.50.